The van der Waals surface area contributed by atoms with Gasteiger partial charge in [0.15, 0.2) is 0 Å². The van der Waals surface area contributed by atoms with Crippen LogP contribution in [0.2, 0.25) is 0 Å². The van der Waals surface area contributed by atoms with Gasteiger partial charge in [0.2, 0.25) is 11.8 Å². The summed E-state index contributed by atoms with van der Waals surface area (Å²) in [5, 5.41) is 26.4. The SMILES string of the molecule is CC(C)(C)C1C(C(=O)Nc2cnc(-n3cccn3)nc2O)CCCN1C(=O)O. The number of nitrogens with one attached hydrogen (secondary N) is 1. The molecule has 2 amide bonds. The quantitative estimate of drug-likeness (QED) is 0.733. The average Bonchev–Trinajstić information content (AvgIpc) is 3.16. The van der Waals surface area contributed by atoms with Gasteiger partial charge < -0.3 is 20.4 Å². The minimum atomic E-state index is -1.04. The van der Waals surface area contributed by atoms with Crippen molar-refractivity contribution in [3.05, 3.63) is 24.7 Å². The molecule has 1 aliphatic rings. The number of carbonyl (C=O) groups is 2. The van der Waals surface area contributed by atoms with Gasteiger partial charge in [-0.05, 0) is 24.3 Å². The van der Waals surface area contributed by atoms with E-state index in [4.69, 9.17) is 0 Å². The van der Waals surface area contributed by atoms with Crippen molar-refractivity contribution in [3.63, 3.8) is 0 Å². The van der Waals surface area contributed by atoms with Crippen LogP contribution in [0.1, 0.15) is 33.6 Å². The molecule has 1 saturated heterocycles. The summed E-state index contributed by atoms with van der Waals surface area (Å²) in [6.07, 6.45) is 4.61. The van der Waals surface area contributed by atoms with Crippen molar-refractivity contribution in [1.82, 2.24) is 24.6 Å². The number of likely N-dealkylation sites (tertiary alicyclic amines) is 1. The van der Waals surface area contributed by atoms with E-state index in [0.717, 1.165) is 0 Å². The highest BCUT2D eigenvalue weighted by Crippen LogP contribution is 2.37. The van der Waals surface area contributed by atoms with Crippen molar-refractivity contribution in [3.8, 4) is 11.8 Å². The Bertz CT molecular complexity index is 861. The van der Waals surface area contributed by atoms with Crippen LogP contribution in [0, 0.1) is 11.3 Å². The predicted molar refractivity (Wildman–Crippen MR) is 100 cm³/mol. The Hall–Kier alpha value is -3.17. The Kier molecular flexibility index (Phi) is 5.21. The van der Waals surface area contributed by atoms with E-state index in [0.29, 0.717) is 19.4 Å². The van der Waals surface area contributed by atoms with E-state index in [-0.39, 0.29) is 23.4 Å². The number of amides is 2. The second-order valence-electron chi connectivity index (χ2n) is 7.88. The Morgan fingerprint density at radius 3 is 2.64 bits per heavy atom. The molecule has 3 N–H and O–H groups in total. The van der Waals surface area contributed by atoms with E-state index in [2.05, 4.69) is 20.4 Å². The molecule has 1 fully saturated rings. The van der Waals surface area contributed by atoms with Gasteiger partial charge in [-0.15, -0.1) is 0 Å². The van der Waals surface area contributed by atoms with Gasteiger partial charge in [0, 0.05) is 18.9 Å². The average molecular weight is 388 g/mol. The summed E-state index contributed by atoms with van der Waals surface area (Å²) >= 11 is 0. The maximum Gasteiger partial charge on any atom is 0.407 e. The maximum atomic E-state index is 12.9. The first-order valence-corrected chi connectivity index (χ1v) is 9.05. The number of hydrogen-bond acceptors (Lipinski definition) is 6. The van der Waals surface area contributed by atoms with E-state index < -0.39 is 23.5 Å². The van der Waals surface area contributed by atoms with Gasteiger partial charge in [0.1, 0.15) is 5.69 Å². The Labute approximate surface area is 162 Å². The minimum absolute atomic E-state index is 0.0704. The largest absolute Gasteiger partial charge is 0.492 e. The number of aromatic hydroxyl groups is 1. The van der Waals surface area contributed by atoms with E-state index in [1.807, 2.05) is 20.8 Å². The van der Waals surface area contributed by atoms with Crippen molar-refractivity contribution < 1.29 is 19.8 Å². The van der Waals surface area contributed by atoms with Gasteiger partial charge in [0.05, 0.1) is 18.2 Å². The monoisotopic (exact) mass is 388 g/mol. The summed E-state index contributed by atoms with van der Waals surface area (Å²) in [5.41, 5.74) is -0.357. The highest BCUT2D eigenvalue weighted by molar-refractivity contribution is 5.94. The molecule has 3 rings (SSSR count). The molecule has 1 aliphatic heterocycles. The van der Waals surface area contributed by atoms with Gasteiger partial charge in [0.25, 0.3) is 5.95 Å². The smallest absolute Gasteiger partial charge is 0.407 e. The summed E-state index contributed by atoms with van der Waals surface area (Å²) < 4.78 is 1.38. The molecule has 3 heterocycles. The fourth-order valence-electron chi connectivity index (χ4n) is 3.73. The fourth-order valence-corrected chi connectivity index (χ4v) is 3.73. The minimum Gasteiger partial charge on any atom is -0.492 e. The molecule has 10 nitrogen and oxygen atoms in total. The topological polar surface area (TPSA) is 133 Å². The van der Waals surface area contributed by atoms with Crippen LogP contribution in [-0.2, 0) is 4.79 Å². The molecule has 2 aromatic heterocycles. The first-order valence-electron chi connectivity index (χ1n) is 9.05. The molecule has 2 unspecified atom stereocenters. The van der Waals surface area contributed by atoms with Gasteiger partial charge in [-0.2, -0.15) is 10.1 Å². The summed E-state index contributed by atoms with van der Waals surface area (Å²) in [4.78, 5) is 34.0. The van der Waals surface area contributed by atoms with Crippen LogP contribution in [0.5, 0.6) is 5.88 Å². The van der Waals surface area contributed by atoms with Crippen molar-refractivity contribution in [2.24, 2.45) is 11.3 Å². The molecule has 10 heteroatoms. The third-order valence-corrected chi connectivity index (χ3v) is 4.82. The first kappa shape index (κ1) is 19.6. The molecule has 0 spiro atoms. The van der Waals surface area contributed by atoms with Crippen molar-refractivity contribution in [2.45, 2.75) is 39.7 Å². The number of hydrogen-bond donors (Lipinski definition) is 3. The third kappa shape index (κ3) is 3.90. The Morgan fingerprint density at radius 1 is 1.32 bits per heavy atom. The van der Waals surface area contributed by atoms with Crippen LogP contribution in [0.4, 0.5) is 10.5 Å². The highest BCUT2D eigenvalue weighted by atomic mass is 16.4. The van der Waals surface area contributed by atoms with Crippen LogP contribution in [-0.4, -0.2) is 59.4 Å². The van der Waals surface area contributed by atoms with Crippen molar-refractivity contribution in [2.75, 3.05) is 11.9 Å². The lowest BCUT2D eigenvalue weighted by molar-refractivity contribution is -0.125. The van der Waals surface area contributed by atoms with Gasteiger partial charge in [-0.3, -0.25) is 4.79 Å². The summed E-state index contributed by atoms with van der Waals surface area (Å²) in [6, 6.07) is 1.21. The second kappa shape index (κ2) is 7.45. The Morgan fingerprint density at radius 2 is 2.07 bits per heavy atom. The molecular weight excluding hydrogens is 364 g/mol. The molecule has 2 atom stereocenters. The zero-order chi connectivity index (χ0) is 20.5. The van der Waals surface area contributed by atoms with E-state index in [9.17, 15) is 19.8 Å². The molecule has 0 aromatic carbocycles. The third-order valence-electron chi connectivity index (χ3n) is 4.82. The highest BCUT2D eigenvalue weighted by Gasteiger charge is 2.44. The van der Waals surface area contributed by atoms with Crippen molar-refractivity contribution >= 4 is 17.7 Å². The van der Waals surface area contributed by atoms with Crippen LogP contribution < -0.4 is 5.32 Å². The number of carboxylic acid groups (broad SMARTS) is 1. The lowest BCUT2D eigenvalue weighted by Gasteiger charge is -2.46. The van der Waals surface area contributed by atoms with E-state index in [1.165, 1.54) is 15.8 Å². The van der Waals surface area contributed by atoms with Crippen molar-refractivity contribution in [1.29, 1.82) is 0 Å². The molecule has 0 saturated carbocycles. The van der Waals surface area contributed by atoms with Gasteiger partial charge in [-0.1, -0.05) is 20.8 Å². The molecular formula is C18H24N6O4. The molecule has 150 valence electrons. The lowest BCUT2D eigenvalue weighted by atomic mass is 9.73. The number of piperidine rings is 1. The molecule has 0 aliphatic carbocycles. The molecule has 0 bridgehead atoms. The molecule has 0 radical (unpaired) electrons. The Balaban J connectivity index is 1.82. The number of nitrogens with zero attached hydrogens (tertiary/aromatic N) is 5. The molecule has 28 heavy (non-hydrogen) atoms. The summed E-state index contributed by atoms with van der Waals surface area (Å²) in [7, 11) is 0. The lowest BCUT2D eigenvalue weighted by Crippen LogP contribution is -2.56. The van der Waals surface area contributed by atoms with Crippen LogP contribution >= 0.6 is 0 Å². The van der Waals surface area contributed by atoms with E-state index >= 15 is 0 Å². The zero-order valence-corrected chi connectivity index (χ0v) is 16.0. The molecule has 2 aromatic rings. The number of carbonyl (C=O) groups excluding carboxylic acids is 1. The second-order valence-corrected chi connectivity index (χ2v) is 7.88. The summed E-state index contributed by atoms with van der Waals surface area (Å²) in [5.74, 6) is -1.12. The summed E-state index contributed by atoms with van der Waals surface area (Å²) in [6.45, 7) is 6.14. The van der Waals surface area contributed by atoms with Crippen LogP contribution in [0.15, 0.2) is 24.7 Å². The van der Waals surface area contributed by atoms with E-state index in [1.54, 1.807) is 18.5 Å². The predicted octanol–water partition coefficient (Wildman–Crippen LogP) is 2.11. The number of rotatable bonds is 3. The normalized spacial score (nSPS) is 20.0. The van der Waals surface area contributed by atoms with Gasteiger partial charge >= 0.3 is 6.09 Å². The zero-order valence-electron chi connectivity index (χ0n) is 16.0. The number of anilines is 1. The first-order chi connectivity index (χ1) is 13.2. The van der Waals surface area contributed by atoms with Gasteiger partial charge in [-0.25, -0.2) is 14.5 Å². The maximum absolute atomic E-state index is 12.9. The standard InChI is InChI=1S/C18H24N6O4/c1-18(2,3)13-11(6-4-8-23(13)17(27)28)14(25)21-12-10-19-16(22-15(12)26)24-9-5-7-20-24/h5,7,9-11,13H,4,6,8H2,1-3H3,(H,21,25)(H,27,28)(H,19,22,26). The number of aromatic nitrogens is 4. The van der Waals surface area contributed by atoms with Crippen LogP contribution in [0.25, 0.3) is 5.95 Å². The van der Waals surface area contributed by atoms with Crippen LogP contribution in [0.3, 0.4) is 0 Å². The fraction of sp³-hybridized carbons (Fsp3) is 0.500.